The SMILES string of the molecule is COc1ccc2ccc(OC)c(/C=C3\C(=O)NC(=S)N(c4cccc(Cl)c4C)C3=O)c2c1. The molecule has 0 aromatic heterocycles. The number of ether oxygens (including phenoxy) is 2. The minimum atomic E-state index is -0.585. The number of carbonyl (C=O) groups excluding carboxylic acids is 2. The number of benzene rings is 3. The Bertz CT molecular complexity index is 1310. The van der Waals surface area contributed by atoms with Gasteiger partial charge in [0.05, 0.1) is 19.9 Å². The molecular formula is C24H19ClN2O4S. The van der Waals surface area contributed by atoms with Crippen molar-refractivity contribution in [3.8, 4) is 11.5 Å². The summed E-state index contributed by atoms with van der Waals surface area (Å²) in [5, 5.41) is 4.76. The van der Waals surface area contributed by atoms with Crippen LogP contribution < -0.4 is 19.7 Å². The zero-order valence-corrected chi connectivity index (χ0v) is 19.1. The molecule has 1 saturated heterocycles. The van der Waals surface area contributed by atoms with E-state index in [-0.39, 0.29) is 10.7 Å². The van der Waals surface area contributed by atoms with E-state index in [9.17, 15) is 9.59 Å². The second-order valence-corrected chi connectivity index (χ2v) is 7.90. The van der Waals surface area contributed by atoms with Crippen LogP contribution in [0.1, 0.15) is 11.1 Å². The maximum absolute atomic E-state index is 13.5. The fourth-order valence-corrected chi connectivity index (χ4v) is 4.06. The van der Waals surface area contributed by atoms with Gasteiger partial charge in [0.15, 0.2) is 5.11 Å². The van der Waals surface area contributed by atoms with Crippen molar-refractivity contribution in [2.45, 2.75) is 6.92 Å². The lowest BCUT2D eigenvalue weighted by Gasteiger charge is -2.30. The van der Waals surface area contributed by atoms with Gasteiger partial charge in [-0.25, -0.2) is 0 Å². The van der Waals surface area contributed by atoms with Gasteiger partial charge in [-0.1, -0.05) is 29.8 Å². The number of carbonyl (C=O) groups is 2. The zero-order chi connectivity index (χ0) is 23.0. The van der Waals surface area contributed by atoms with E-state index in [4.69, 9.17) is 33.3 Å². The Kier molecular flexibility index (Phi) is 5.86. The molecule has 1 N–H and O–H groups in total. The fourth-order valence-electron chi connectivity index (χ4n) is 3.61. The van der Waals surface area contributed by atoms with Crippen molar-refractivity contribution in [3.05, 3.63) is 70.3 Å². The van der Waals surface area contributed by atoms with E-state index in [1.807, 2.05) is 24.3 Å². The van der Waals surface area contributed by atoms with Crippen LogP contribution in [0.4, 0.5) is 5.69 Å². The predicted octanol–water partition coefficient (Wildman–Crippen LogP) is 4.65. The zero-order valence-electron chi connectivity index (χ0n) is 17.6. The molecule has 3 aromatic rings. The molecular weight excluding hydrogens is 448 g/mol. The minimum Gasteiger partial charge on any atom is -0.497 e. The first-order chi connectivity index (χ1) is 15.3. The standard InChI is InChI=1S/C24H19ClN2O4S/c1-13-19(25)5-4-6-20(13)27-23(29)18(22(28)26-24(27)32)12-17-16-11-15(30-2)9-7-14(16)8-10-21(17)31-3/h4-12H,1-3H3,(H,26,28,32)/b18-12+. The minimum absolute atomic E-state index is 0.00549. The van der Waals surface area contributed by atoms with Crippen molar-refractivity contribution >= 4 is 63.3 Å². The quantitative estimate of drug-likeness (QED) is 0.344. The largest absolute Gasteiger partial charge is 0.497 e. The number of anilines is 1. The maximum atomic E-state index is 13.5. The van der Waals surface area contributed by atoms with Crippen LogP contribution in [0.5, 0.6) is 11.5 Å². The van der Waals surface area contributed by atoms with Crippen LogP contribution in [0.25, 0.3) is 16.8 Å². The lowest BCUT2D eigenvalue weighted by molar-refractivity contribution is -0.122. The van der Waals surface area contributed by atoms with Crippen molar-refractivity contribution in [1.82, 2.24) is 5.32 Å². The van der Waals surface area contributed by atoms with E-state index in [0.29, 0.717) is 33.3 Å². The number of amides is 2. The Morgan fingerprint density at radius 1 is 1.06 bits per heavy atom. The number of rotatable bonds is 4. The number of hydrogen-bond acceptors (Lipinski definition) is 5. The Morgan fingerprint density at radius 2 is 1.81 bits per heavy atom. The molecule has 3 aromatic carbocycles. The number of hydrogen-bond donors (Lipinski definition) is 1. The molecule has 0 radical (unpaired) electrons. The highest BCUT2D eigenvalue weighted by Gasteiger charge is 2.35. The number of methoxy groups -OCH3 is 2. The molecule has 2 amide bonds. The van der Waals surface area contributed by atoms with Crippen LogP contribution in [0.15, 0.2) is 54.1 Å². The summed E-state index contributed by atoms with van der Waals surface area (Å²) in [5.74, 6) is 0.0172. The molecule has 0 aliphatic carbocycles. The highest BCUT2D eigenvalue weighted by molar-refractivity contribution is 7.80. The second kappa shape index (κ2) is 8.61. The van der Waals surface area contributed by atoms with Gasteiger partial charge in [0.25, 0.3) is 11.8 Å². The summed E-state index contributed by atoms with van der Waals surface area (Å²) in [5.41, 5.74) is 1.68. The van der Waals surface area contributed by atoms with Crippen LogP contribution in [-0.2, 0) is 9.59 Å². The van der Waals surface area contributed by atoms with Gasteiger partial charge in [-0.15, -0.1) is 0 Å². The summed E-state index contributed by atoms with van der Waals surface area (Å²) in [6.45, 7) is 1.79. The Balaban J connectivity index is 1.91. The Labute approximate surface area is 195 Å². The lowest BCUT2D eigenvalue weighted by atomic mass is 9.99. The molecule has 4 rings (SSSR count). The molecule has 1 fully saturated rings. The van der Waals surface area contributed by atoms with Crippen LogP contribution in [0, 0.1) is 6.92 Å². The third-order valence-electron chi connectivity index (χ3n) is 5.32. The van der Waals surface area contributed by atoms with Crippen LogP contribution >= 0.6 is 23.8 Å². The summed E-state index contributed by atoms with van der Waals surface area (Å²) < 4.78 is 10.9. The van der Waals surface area contributed by atoms with Gasteiger partial charge in [0, 0.05) is 10.6 Å². The number of nitrogens with one attached hydrogen (secondary N) is 1. The van der Waals surface area contributed by atoms with Gasteiger partial charge >= 0.3 is 0 Å². The number of nitrogens with zero attached hydrogens (tertiary/aromatic N) is 1. The average molecular weight is 467 g/mol. The lowest BCUT2D eigenvalue weighted by Crippen LogP contribution is -2.54. The summed E-state index contributed by atoms with van der Waals surface area (Å²) in [4.78, 5) is 27.6. The first kappa shape index (κ1) is 21.8. The summed E-state index contributed by atoms with van der Waals surface area (Å²) >= 11 is 11.5. The summed E-state index contributed by atoms with van der Waals surface area (Å²) in [6.07, 6.45) is 1.52. The first-order valence-corrected chi connectivity index (χ1v) is 10.5. The molecule has 1 aliphatic heterocycles. The molecule has 0 saturated carbocycles. The van der Waals surface area contributed by atoms with Crippen LogP contribution in [-0.4, -0.2) is 31.1 Å². The highest BCUT2D eigenvalue weighted by atomic mass is 35.5. The van der Waals surface area contributed by atoms with Crippen LogP contribution in [0.2, 0.25) is 5.02 Å². The molecule has 1 heterocycles. The second-order valence-electron chi connectivity index (χ2n) is 7.11. The molecule has 1 aliphatic rings. The molecule has 32 heavy (non-hydrogen) atoms. The number of fused-ring (bicyclic) bond motifs is 1. The smallest absolute Gasteiger partial charge is 0.270 e. The normalized spacial score (nSPS) is 15.3. The monoisotopic (exact) mass is 466 g/mol. The first-order valence-electron chi connectivity index (χ1n) is 9.67. The number of halogens is 1. The maximum Gasteiger partial charge on any atom is 0.270 e. The van der Waals surface area contributed by atoms with Crippen molar-refractivity contribution in [3.63, 3.8) is 0 Å². The van der Waals surface area contributed by atoms with Gasteiger partial charge in [-0.2, -0.15) is 0 Å². The van der Waals surface area contributed by atoms with Crippen molar-refractivity contribution in [1.29, 1.82) is 0 Å². The molecule has 0 bridgehead atoms. The highest BCUT2D eigenvalue weighted by Crippen LogP contribution is 2.34. The van der Waals surface area contributed by atoms with E-state index in [1.54, 1.807) is 38.3 Å². The number of thiocarbonyl (C=S) groups is 1. The predicted molar refractivity (Wildman–Crippen MR) is 129 cm³/mol. The third kappa shape index (κ3) is 3.70. The molecule has 162 valence electrons. The molecule has 0 atom stereocenters. The molecule has 8 heteroatoms. The molecule has 6 nitrogen and oxygen atoms in total. The van der Waals surface area contributed by atoms with Gasteiger partial charge in [0.2, 0.25) is 0 Å². The molecule has 0 spiro atoms. The van der Waals surface area contributed by atoms with Gasteiger partial charge in [-0.3, -0.25) is 19.8 Å². The van der Waals surface area contributed by atoms with Crippen LogP contribution in [0.3, 0.4) is 0 Å². The van der Waals surface area contributed by atoms with E-state index in [0.717, 1.165) is 10.8 Å². The Morgan fingerprint density at radius 3 is 2.53 bits per heavy atom. The van der Waals surface area contributed by atoms with E-state index >= 15 is 0 Å². The van der Waals surface area contributed by atoms with Gasteiger partial charge < -0.3 is 9.47 Å². The summed E-state index contributed by atoms with van der Waals surface area (Å²) in [6, 6.07) is 14.4. The van der Waals surface area contributed by atoms with Gasteiger partial charge in [0.1, 0.15) is 17.1 Å². The molecule has 0 unspecified atom stereocenters. The van der Waals surface area contributed by atoms with E-state index in [2.05, 4.69) is 5.32 Å². The average Bonchev–Trinajstić information content (AvgIpc) is 2.78. The summed E-state index contributed by atoms with van der Waals surface area (Å²) in [7, 11) is 3.10. The van der Waals surface area contributed by atoms with Crippen molar-refractivity contribution < 1.29 is 19.1 Å². The van der Waals surface area contributed by atoms with E-state index < -0.39 is 11.8 Å². The topological polar surface area (TPSA) is 67.9 Å². The van der Waals surface area contributed by atoms with Gasteiger partial charge in [-0.05, 0) is 71.9 Å². The fraction of sp³-hybridized carbons (Fsp3) is 0.125. The van der Waals surface area contributed by atoms with Crippen molar-refractivity contribution in [2.24, 2.45) is 0 Å². The van der Waals surface area contributed by atoms with Crippen molar-refractivity contribution in [2.75, 3.05) is 19.1 Å². The third-order valence-corrected chi connectivity index (χ3v) is 6.01. The van der Waals surface area contributed by atoms with E-state index in [1.165, 1.54) is 18.1 Å². The Hall–Kier alpha value is -3.42.